The Kier molecular flexibility index (Phi) is 5.79. The smallest absolute Gasteiger partial charge is 0.232 e. The number of carbonyl (C=O) groups excluding carboxylic acids is 1. The zero-order chi connectivity index (χ0) is 22.0. The van der Waals surface area contributed by atoms with E-state index in [0.717, 1.165) is 16.9 Å². The fourth-order valence-corrected chi connectivity index (χ4v) is 3.84. The van der Waals surface area contributed by atoms with Crippen LogP contribution in [-0.2, 0) is 4.79 Å². The predicted molar refractivity (Wildman–Crippen MR) is 113 cm³/mol. The zero-order valence-electron chi connectivity index (χ0n) is 18.0. The van der Waals surface area contributed by atoms with Gasteiger partial charge in [0.05, 0.1) is 33.3 Å². The van der Waals surface area contributed by atoms with Crippen LogP contribution >= 0.6 is 0 Å². The molecule has 2 atom stereocenters. The number of ether oxygens (including phenoxy) is 3. The summed E-state index contributed by atoms with van der Waals surface area (Å²) in [5, 5.41) is 4.10. The molecule has 0 N–H and O–H groups in total. The van der Waals surface area contributed by atoms with E-state index < -0.39 is 0 Å². The first-order valence-corrected chi connectivity index (χ1v) is 10.0. The van der Waals surface area contributed by atoms with Crippen LogP contribution in [0.4, 0.5) is 0 Å². The van der Waals surface area contributed by atoms with E-state index in [2.05, 4.69) is 10.1 Å². The molecule has 8 nitrogen and oxygen atoms in total. The number of likely N-dealkylation sites (tertiary alicyclic amines) is 1. The lowest BCUT2D eigenvalue weighted by molar-refractivity contribution is -0.129. The second-order valence-corrected chi connectivity index (χ2v) is 7.43. The summed E-state index contributed by atoms with van der Waals surface area (Å²) in [6.07, 6.45) is 0.331. The lowest BCUT2D eigenvalue weighted by atomic mass is 10.1. The van der Waals surface area contributed by atoms with E-state index in [0.29, 0.717) is 36.2 Å². The van der Waals surface area contributed by atoms with Gasteiger partial charge in [-0.1, -0.05) is 23.4 Å². The molecule has 0 saturated carbocycles. The Morgan fingerprint density at radius 2 is 1.87 bits per heavy atom. The Morgan fingerprint density at radius 1 is 1.06 bits per heavy atom. The molecule has 8 heteroatoms. The maximum atomic E-state index is 12.8. The molecular weight excluding hydrogens is 398 g/mol. The number of hydrogen-bond acceptors (Lipinski definition) is 7. The standard InChI is InChI=1S/C23H25N3O5/c1-14(15-8-9-19(29-3)20(11-15)30-4)26-13-17(12-21(26)27)23-24-22(25-31-23)16-6-5-7-18(10-16)28-2/h5-11,14,17H,12-13H2,1-4H3. The summed E-state index contributed by atoms with van der Waals surface area (Å²) in [7, 11) is 4.80. The summed E-state index contributed by atoms with van der Waals surface area (Å²) in [5.41, 5.74) is 1.77. The minimum Gasteiger partial charge on any atom is -0.497 e. The van der Waals surface area contributed by atoms with Crippen LogP contribution in [0.1, 0.15) is 36.8 Å². The number of benzene rings is 2. The molecule has 31 heavy (non-hydrogen) atoms. The molecule has 162 valence electrons. The van der Waals surface area contributed by atoms with Gasteiger partial charge in [0, 0.05) is 18.5 Å². The van der Waals surface area contributed by atoms with Gasteiger partial charge in [-0.15, -0.1) is 0 Å². The van der Waals surface area contributed by atoms with Crippen molar-refractivity contribution in [2.45, 2.75) is 25.3 Å². The lowest BCUT2D eigenvalue weighted by Gasteiger charge is -2.25. The number of methoxy groups -OCH3 is 3. The molecular formula is C23H25N3O5. The topological polar surface area (TPSA) is 86.9 Å². The van der Waals surface area contributed by atoms with Crippen LogP contribution in [0.15, 0.2) is 47.0 Å². The highest BCUT2D eigenvalue weighted by Gasteiger charge is 2.37. The van der Waals surface area contributed by atoms with Crippen LogP contribution in [0.25, 0.3) is 11.4 Å². The summed E-state index contributed by atoms with van der Waals surface area (Å²) in [4.78, 5) is 19.1. The van der Waals surface area contributed by atoms with E-state index in [1.54, 1.807) is 21.3 Å². The first-order valence-electron chi connectivity index (χ1n) is 10.0. The predicted octanol–water partition coefficient (Wildman–Crippen LogP) is 3.84. The van der Waals surface area contributed by atoms with Crippen LogP contribution in [0.2, 0.25) is 0 Å². The van der Waals surface area contributed by atoms with Gasteiger partial charge in [0.25, 0.3) is 0 Å². The van der Waals surface area contributed by atoms with E-state index in [4.69, 9.17) is 18.7 Å². The van der Waals surface area contributed by atoms with Crippen molar-refractivity contribution in [1.82, 2.24) is 15.0 Å². The second-order valence-electron chi connectivity index (χ2n) is 7.43. The molecule has 0 spiro atoms. The third-order valence-electron chi connectivity index (χ3n) is 5.63. The molecule has 3 aromatic rings. The Balaban J connectivity index is 1.51. The van der Waals surface area contributed by atoms with Crippen molar-refractivity contribution >= 4 is 5.91 Å². The number of rotatable bonds is 7. The van der Waals surface area contributed by atoms with E-state index in [1.165, 1.54) is 0 Å². The summed E-state index contributed by atoms with van der Waals surface area (Å²) in [6, 6.07) is 13.0. The third kappa shape index (κ3) is 4.05. The number of nitrogens with zero attached hydrogens (tertiary/aromatic N) is 3. The minimum atomic E-state index is -0.151. The molecule has 1 amide bonds. The summed E-state index contributed by atoms with van der Waals surface area (Å²) in [5.74, 6) is 2.85. The van der Waals surface area contributed by atoms with Crippen LogP contribution in [0.3, 0.4) is 0 Å². The van der Waals surface area contributed by atoms with E-state index in [1.807, 2.05) is 54.3 Å². The summed E-state index contributed by atoms with van der Waals surface area (Å²) < 4.78 is 21.5. The van der Waals surface area contributed by atoms with Crippen molar-refractivity contribution in [3.63, 3.8) is 0 Å². The van der Waals surface area contributed by atoms with Crippen molar-refractivity contribution in [2.24, 2.45) is 0 Å². The van der Waals surface area contributed by atoms with Crippen molar-refractivity contribution in [3.8, 4) is 28.6 Å². The fourth-order valence-electron chi connectivity index (χ4n) is 3.84. The van der Waals surface area contributed by atoms with E-state index in [9.17, 15) is 4.79 Å². The molecule has 2 unspecified atom stereocenters. The van der Waals surface area contributed by atoms with Gasteiger partial charge in [0.15, 0.2) is 11.5 Å². The number of hydrogen-bond donors (Lipinski definition) is 0. The Labute approximate surface area is 180 Å². The first-order chi connectivity index (χ1) is 15.0. The molecule has 0 aliphatic carbocycles. The summed E-state index contributed by atoms with van der Waals surface area (Å²) in [6.45, 7) is 2.51. The van der Waals surface area contributed by atoms with Gasteiger partial charge in [0.1, 0.15) is 5.75 Å². The highest BCUT2D eigenvalue weighted by molar-refractivity contribution is 5.80. The Morgan fingerprint density at radius 3 is 2.61 bits per heavy atom. The lowest BCUT2D eigenvalue weighted by Crippen LogP contribution is -2.28. The molecule has 0 radical (unpaired) electrons. The molecule has 1 fully saturated rings. The molecule has 4 rings (SSSR count). The first kappa shape index (κ1) is 20.7. The third-order valence-corrected chi connectivity index (χ3v) is 5.63. The van der Waals surface area contributed by atoms with Crippen LogP contribution < -0.4 is 14.2 Å². The van der Waals surface area contributed by atoms with Gasteiger partial charge in [0.2, 0.25) is 17.6 Å². The molecule has 1 aliphatic heterocycles. The number of carbonyl (C=O) groups is 1. The van der Waals surface area contributed by atoms with E-state index in [-0.39, 0.29) is 17.9 Å². The molecule has 1 aromatic heterocycles. The molecule has 2 heterocycles. The normalized spacial score (nSPS) is 17.0. The fraction of sp³-hybridized carbons (Fsp3) is 0.348. The zero-order valence-corrected chi connectivity index (χ0v) is 18.0. The van der Waals surface area contributed by atoms with Gasteiger partial charge in [-0.05, 0) is 36.8 Å². The Bertz CT molecular complexity index is 1080. The van der Waals surface area contributed by atoms with Crippen molar-refractivity contribution in [3.05, 3.63) is 53.9 Å². The highest BCUT2D eigenvalue weighted by Crippen LogP contribution is 2.37. The van der Waals surface area contributed by atoms with Gasteiger partial charge < -0.3 is 23.6 Å². The van der Waals surface area contributed by atoms with E-state index >= 15 is 0 Å². The SMILES string of the molecule is COc1cccc(-c2noc(C3CC(=O)N(C(C)c4ccc(OC)c(OC)c4)C3)n2)c1. The average Bonchev–Trinajstić information content (AvgIpc) is 3.45. The van der Waals surface area contributed by atoms with Crippen molar-refractivity contribution in [2.75, 3.05) is 27.9 Å². The Hall–Kier alpha value is -3.55. The van der Waals surface area contributed by atoms with Gasteiger partial charge >= 0.3 is 0 Å². The monoisotopic (exact) mass is 423 g/mol. The van der Waals surface area contributed by atoms with Crippen molar-refractivity contribution in [1.29, 1.82) is 0 Å². The molecule has 0 bridgehead atoms. The molecule has 2 aromatic carbocycles. The molecule has 1 saturated heterocycles. The van der Waals surface area contributed by atoms with Gasteiger partial charge in [-0.3, -0.25) is 4.79 Å². The highest BCUT2D eigenvalue weighted by atomic mass is 16.5. The maximum Gasteiger partial charge on any atom is 0.232 e. The largest absolute Gasteiger partial charge is 0.497 e. The van der Waals surface area contributed by atoms with Gasteiger partial charge in [-0.25, -0.2) is 0 Å². The van der Waals surface area contributed by atoms with Crippen LogP contribution in [0, 0.1) is 0 Å². The summed E-state index contributed by atoms with van der Waals surface area (Å²) >= 11 is 0. The number of aromatic nitrogens is 2. The molecule has 1 aliphatic rings. The van der Waals surface area contributed by atoms with Crippen LogP contribution in [0.5, 0.6) is 17.2 Å². The quantitative estimate of drug-likeness (QED) is 0.571. The maximum absolute atomic E-state index is 12.8. The minimum absolute atomic E-state index is 0.0495. The van der Waals surface area contributed by atoms with Crippen LogP contribution in [-0.4, -0.2) is 48.8 Å². The average molecular weight is 423 g/mol. The van der Waals surface area contributed by atoms with Gasteiger partial charge in [-0.2, -0.15) is 4.98 Å². The van der Waals surface area contributed by atoms with Crippen molar-refractivity contribution < 1.29 is 23.5 Å². The second kappa shape index (κ2) is 8.67. The number of amides is 1.